The maximum absolute atomic E-state index is 12.7. The molecular weight excluding hydrogens is 283 g/mol. The third-order valence-electron chi connectivity index (χ3n) is 3.17. The summed E-state index contributed by atoms with van der Waals surface area (Å²) in [5.74, 6) is 0. The van der Waals surface area contributed by atoms with Gasteiger partial charge < -0.3 is 5.32 Å². The molecule has 1 nitrogen and oxygen atoms in total. The molecule has 2 aromatic rings. The molecule has 2 rings (SSSR count). The molecule has 1 heterocycles. The molecule has 0 radical (unpaired) electrons. The summed E-state index contributed by atoms with van der Waals surface area (Å²) in [6.07, 6.45) is -2.87. The van der Waals surface area contributed by atoms with E-state index in [1.807, 2.05) is 24.6 Å². The molecule has 0 saturated heterocycles. The minimum Gasteiger partial charge on any atom is -0.316 e. The number of benzene rings is 1. The lowest BCUT2D eigenvalue weighted by atomic mass is 10.0. The van der Waals surface area contributed by atoms with Crippen LogP contribution in [-0.4, -0.2) is 13.1 Å². The molecule has 108 valence electrons. The minimum absolute atomic E-state index is 0.136. The number of likely N-dealkylation sites (N-methyl/N-ethyl adjacent to an activating group) is 1. The normalized spacial score (nSPS) is 13.4. The van der Waals surface area contributed by atoms with Crippen molar-refractivity contribution < 1.29 is 13.2 Å². The summed E-state index contributed by atoms with van der Waals surface area (Å²) in [6, 6.07) is 9.72. The molecular formula is C15H16F3NS. The standard InChI is InChI=1S/C15H16F3NS/c1-19-13(10-14-6-3-7-20-14)9-11-4-2-5-12(8-11)15(16,17)18/h2-8,13,19H,9-10H2,1H3. The summed E-state index contributed by atoms with van der Waals surface area (Å²) >= 11 is 1.66. The largest absolute Gasteiger partial charge is 0.416 e. The molecule has 0 spiro atoms. The van der Waals surface area contributed by atoms with Crippen LogP contribution in [0.5, 0.6) is 0 Å². The average molecular weight is 299 g/mol. The SMILES string of the molecule is CNC(Cc1cccc(C(F)(F)F)c1)Cc1cccs1. The Labute approximate surface area is 120 Å². The summed E-state index contributed by atoms with van der Waals surface area (Å²) in [6.45, 7) is 0. The summed E-state index contributed by atoms with van der Waals surface area (Å²) < 4.78 is 38.0. The molecule has 0 aliphatic carbocycles. The van der Waals surface area contributed by atoms with Gasteiger partial charge in [-0.3, -0.25) is 0 Å². The predicted octanol–water partition coefficient (Wildman–Crippen LogP) is 4.14. The molecule has 1 aromatic carbocycles. The zero-order chi connectivity index (χ0) is 14.6. The van der Waals surface area contributed by atoms with Crippen molar-refractivity contribution in [1.29, 1.82) is 0 Å². The van der Waals surface area contributed by atoms with Gasteiger partial charge in [0.2, 0.25) is 0 Å². The van der Waals surface area contributed by atoms with Crippen molar-refractivity contribution in [2.45, 2.75) is 25.1 Å². The number of thiophene rings is 1. The molecule has 0 aliphatic heterocycles. The van der Waals surface area contributed by atoms with Crippen molar-refractivity contribution in [3.8, 4) is 0 Å². The Balaban J connectivity index is 2.07. The van der Waals surface area contributed by atoms with E-state index in [4.69, 9.17) is 0 Å². The lowest BCUT2D eigenvalue weighted by Crippen LogP contribution is -2.29. The first-order valence-corrected chi connectivity index (χ1v) is 7.23. The van der Waals surface area contributed by atoms with E-state index in [2.05, 4.69) is 5.32 Å². The van der Waals surface area contributed by atoms with Crippen molar-refractivity contribution in [3.63, 3.8) is 0 Å². The van der Waals surface area contributed by atoms with Crippen molar-refractivity contribution in [2.24, 2.45) is 0 Å². The molecule has 5 heteroatoms. The van der Waals surface area contributed by atoms with Gasteiger partial charge in [0.05, 0.1) is 5.56 Å². The van der Waals surface area contributed by atoms with Crippen LogP contribution in [0.25, 0.3) is 0 Å². The van der Waals surface area contributed by atoms with Gasteiger partial charge in [-0.25, -0.2) is 0 Å². The van der Waals surface area contributed by atoms with Crippen molar-refractivity contribution in [3.05, 3.63) is 57.8 Å². The lowest BCUT2D eigenvalue weighted by Gasteiger charge is -2.16. The third-order valence-corrected chi connectivity index (χ3v) is 4.07. The van der Waals surface area contributed by atoms with E-state index >= 15 is 0 Å². The number of nitrogens with one attached hydrogen (secondary N) is 1. The molecule has 0 bridgehead atoms. The van der Waals surface area contributed by atoms with E-state index in [1.165, 1.54) is 17.0 Å². The van der Waals surface area contributed by atoms with Gasteiger partial charge in [0.25, 0.3) is 0 Å². The Bertz CT molecular complexity index is 534. The van der Waals surface area contributed by atoms with Crippen LogP contribution in [0.2, 0.25) is 0 Å². The van der Waals surface area contributed by atoms with Crippen LogP contribution in [0.15, 0.2) is 41.8 Å². The number of halogens is 3. The molecule has 0 fully saturated rings. The number of hydrogen-bond donors (Lipinski definition) is 1. The Hall–Kier alpha value is -1.33. The second-order valence-electron chi connectivity index (χ2n) is 4.67. The maximum Gasteiger partial charge on any atom is 0.416 e. The van der Waals surface area contributed by atoms with Crippen molar-refractivity contribution >= 4 is 11.3 Å². The summed E-state index contributed by atoms with van der Waals surface area (Å²) in [7, 11) is 1.84. The lowest BCUT2D eigenvalue weighted by molar-refractivity contribution is -0.137. The van der Waals surface area contributed by atoms with E-state index in [1.54, 1.807) is 17.4 Å². The monoisotopic (exact) mass is 299 g/mol. The molecule has 1 unspecified atom stereocenters. The van der Waals surface area contributed by atoms with Gasteiger partial charge in [0.15, 0.2) is 0 Å². The van der Waals surface area contributed by atoms with E-state index in [0.717, 1.165) is 12.5 Å². The molecule has 0 amide bonds. The number of rotatable bonds is 5. The van der Waals surface area contributed by atoms with Crippen LogP contribution in [0.4, 0.5) is 13.2 Å². The first kappa shape index (κ1) is 15.1. The van der Waals surface area contributed by atoms with E-state index in [-0.39, 0.29) is 6.04 Å². The second kappa shape index (κ2) is 6.41. The fourth-order valence-electron chi connectivity index (χ4n) is 2.11. The molecule has 0 aliphatic rings. The van der Waals surface area contributed by atoms with Gasteiger partial charge >= 0.3 is 6.18 Å². The fourth-order valence-corrected chi connectivity index (χ4v) is 2.89. The Morgan fingerprint density at radius 1 is 1.15 bits per heavy atom. The van der Waals surface area contributed by atoms with Crippen LogP contribution >= 0.6 is 11.3 Å². The summed E-state index contributed by atoms with van der Waals surface area (Å²) in [5, 5.41) is 5.18. The van der Waals surface area contributed by atoms with Crippen molar-refractivity contribution in [2.75, 3.05) is 7.05 Å². The molecule has 20 heavy (non-hydrogen) atoms. The van der Waals surface area contributed by atoms with Gasteiger partial charge in [-0.15, -0.1) is 11.3 Å². The summed E-state index contributed by atoms with van der Waals surface area (Å²) in [4.78, 5) is 1.23. The van der Waals surface area contributed by atoms with Crippen LogP contribution in [0.1, 0.15) is 16.0 Å². The fraction of sp³-hybridized carbons (Fsp3) is 0.333. The quantitative estimate of drug-likeness (QED) is 0.875. The zero-order valence-corrected chi connectivity index (χ0v) is 11.9. The van der Waals surface area contributed by atoms with Crippen LogP contribution in [0, 0.1) is 0 Å². The van der Waals surface area contributed by atoms with E-state index in [0.29, 0.717) is 12.0 Å². The van der Waals surface area contributed by atoms with Gasteiger partial charge in [-0.1, -0.05) is 24.3 Å². The topological polar surface area (TPSA) is 12.0 Å². The molecule has 1 atom stereocenters. The summed E-state index contributed by atoms with van der Waals surface area (Å²) in [5.41, 5.74) is 0.122. The Kier molecular flexibility index (Phi) is 4.83. The second-order valence-corrected chi connectivity index (χ2v) is 5.70. The Morgan fingerprint density at radius 2 is 1.95 bits per heavy atom. The van der Waals surface area contributed by atoms with Crippen LogP contribution in [0.3, 0.4) is 0 Å². The highest BCUT2D eigenvalue weighted by atomic mass is 32.1. The maximum atomic E-state index is 12.7. The highest BCUT2D eigenvalue weighted by Gasteiger charge is 2.30. The minimum atomic E-state index is -4.28. The number of hydrogen-bond acceptors (Lipinski definition) is 2. The van der Waals surface area contributed by atoms with Gasteiger partial charge in [0, 0.05) is 10.9 Å². The first-order valence-electron chi connectivity index (χ1n) is 6.35. The van der Waals surface area contributed by atoms with Gasteiger partial charge in [-0.05, 0) is 43.0 Å². The highest BCUT2D eigenvalue weighted by molar-refractivity contribution is 7.09. The highest BCUT2D eigenvalue weighted by Crippen LogP contribution is 2.29. The molecule has 1 aromatic heterocycles. The Morgan fingerprint density at radius 3 is 2.55 bits per heavy atom. The van der Waals surface area contributed by atoms with Gasteiger partial charge in [-0.2, -0.15) is 13.2 Å². The smallest absolute Gasteiger partial charge is 0.316 e. The van der Waals surface area contributed by atoms with E-state index in [9.17, 15) is 13.2 Å². The number of alkyl halides is 3. The third kappa shape index (κ3) is 4.08. The first-order chi connectivity index (χ1) is 9.49. The van der Waals surface area contributed by atoms with Crippen molar-refractivity contribution in [1.82, 2.24) is 5.32 Å². The van der Waals surface area contributed by atoms with E-state index < -0.39 is 11.7 Å². The van der Waals surface area contributed by atoms with Crippen LogP contribution in [-0.2, 0) is 19.0 Å². The zero-order valence-electron chi connectivity index (χ0n) is 11.1. The van der Waals surface area contributed by atoms with Crippen LogP contribution < -0.4 is 5.32 Å². The molecule has 1 N–H and O–H groups in total. The predicted molar refractivity (Wildman–Crippen MR) is 76.0 cm³/mol. The molecule has 0 saturated carbocycles. The van der Waals surface area contributed by atoms with Gasteiger partial charge in [0.1, 0.15) is 0 Å². The average Bonchev–Trinajstić information content (AvgIpc) is 2.90.